The molecule has 1 aliphatic rings. The first kappa shape index (κ1) is 24.6. The van der Waals surface area contributed by atoms with Crippen LogP contribution in [0.2, 0.25) is 0 Å². The van der Waals surface area contributed by atoms with Gasteiger partial charge in [-0.2, -0.15) is 8.78 Å². The molecule has 2 amide bonds. The van der Waals surface area contributed by atoms with Gasteiger partial charge in [-0.1, -0.05) is 34.1 Å². The minimum Gasteiger partial charge on any atom is -0.444 e. The molecule has 1 atom stereocenters. The molecule has 1 heterocycles. The zero-order chi connectivity index (χ0) is 24.6. The molecule has 7 nitrogen and oxygen atoms in total. The lowest BCUT2D eigenvalue weighted by atomic mass is 9.82. The van der Waals surface area contributed by atoms with Crippen LogP contribution < -0.4 is 10.1 Å². The van der Waals surface area contributed by atoms with Crippen molar-refractivity contribution in [3.8, 4) is 5.75 Å². The first-order valence-corrected chi connectivity index (χ1v) is 10.8. The van der Waals surface area contributed by atoms with Crippen molar-refractivity contribution in [2.45, 2.75) is 45.4 Å². The van der Waals surface area contributed by atoms with E-state index in [0.717, 1.165) is 0 Å². The van der Waals surface area contributed by atoms with E-state index < -0.39 is 29.8 Å². The van der Waals surface area contributed by atoms with Crippen LogP contribution in [0.1, 0.15) is 37.5 Å². The zero-order valence-electron chi connectivity index (χ0n) is 18.8. The topological polar surface area (TPSA) is 80.2 Å². The fraction of sp³-hybridized carbons (Fsp3) is 0.348. The molecule has 1 N–H and O–H groups in total. The summed E-state index contributed by atoms with van der Waals surface area (Å²) in [5.41, 5.74) is -0.947. The maximum absolute atomic E-state index is 13.6. The maximum atomic E-state index is 13.6. The molecule has 176 valence electrons. The normalized spacial score (nSPS) is 18.4. The highest BCUT2D eigenvalue weighted by atomic mass is 79.9. The third-order valence-electron chi connectivity index (χ3n) is 4.87. The van der Waals surface area contributed by atoms with Crippen molar-refractivity contribution >= 4 is 33.9 Å². The van der Waals surface area contributed by atoms with Crippen LogP contribution in [-0.2, 0) is 15.1 Å². The van der Waals surface area contributed by atoms with Crippen LogP contribution in [-0.4, -0.2) is 42.1 Å². The molecule has 0 saturated carbocycles. The van der Waals surface area contributed by atoms with Crippen LogP contribution in [0, 0.1) is 6.92 Å². The summed E-state index contributed by atoms with van der Waals surface area (Å²) in [5, 5.41) is 2.53. The van der Waals surface area contributed by atoms with Crippen LogP contribution in [0.25, 0.3) is 0 Å². The van der Waals surface area contributed by atoms with Gasteiger partial charge in [-0.15, -0.1) is 0 Å². The Hall–Kier alpha value is -3.01. The third kappa shape index (κ3) is 5.16. The number of nitrogens with one attached hydrogen (secondary N) is 1. The van der Waals surface area contributed by atoms with Gasteiger partial charge >= 0.3 is 12.7 Å². The number of guanidine groups is 1. The van der Waals surface area contributed by atoms with Gasteiger partial charge in [0.15, 0.2) is 5.54 Å². The first-order chi connectivity index (χ1) is 15.3. The van der Waals surface area contributed by atoms with E-state index in [1.807, 2.05) is 0 Å². The van der Waals surface area contributed by atoms with Gasteiger partial charge in [0.05, 0.1) is 0 Å². The average molecular weight is 524 g/mol. The average Bonchev–Trinajstić information content (AvgIpc) is 2.93. The van der Waals surface area contributed by atoms with Gasteiger partial charge in [0.25, 0.3) is 5.91 Å². The summed E-state index contributed by atoms with van der Waals surface area (Å²) in [6, 6.07) is 11.5. The maximum Gasteiger partial charge on any atom is 0.414 e. The monoisotopic (exact) mass is 523 g/mol. The lowest BCUT2D eigenvalue weighted by Crippen LogP contribution is -2.45. The molecule has 0 aromatic heterocycles. The van der Waals surface area contributed by atoms with Crippen molar-refractivity contribution in [3.05, 3.63) is 63.6 Å². The van der Waals surface area contributed by atoms with E-state index in [2.05, 4.69) is 31.0 Å². The number of aliphatic imine (C=N–C) groups is 1. The van der Waals surface area contributed by atoms with Gasteiger partial charge in [-0.3, -0.25) is 15.0 Å². The number of rotatable bonds is 4. The Balaban J connectivity index is 2.14. The van der Waals surface area contributed by atoms with Crippen LogP contribution in [0.3, 0.4) is 0 Å². The van der Waals surface area contributed by atoms with Crippen LogP contribution >= 0.6 is 15.9 Å². The van der Waals surface area contributed by atoms with Gasteiger partial charge in [0.2, 0.25) is 5.96 Å². The summed E-state index contributed by atoms with van der Waals surface area (Å²) in [7, 11) is 1.49. The standard InChI is InChI=1S/C23H24BrF2N3O4/c1-13-11-15(9-10-17(13)32-19(25)26)23(14-7-6-8-16(24)12-14)18(30)29(5)20(28-23)27-21(31)33-22(2,3)4/h6-12,19H,1-5H3,(H,27,28,31). The second kappa shape index (κ2) is 9.09. The molecule has 0 fully saturated rings. The lowest BCUT2D eigenvalue weighted by molar-refractivity contribution is -0.129. The molecule has 3 rings (SSSR count). The highest BCUT2D eigenvalue weighted by Gasteiger charge is 2.50. The Labute approximate surface area is 198 Å². The largest absolute Gasteiger partial charge is 0.444 e. The van der Waals surface area contributed by atoms with Crippen molar-refractivity contribution in [1.29, 1.82) is 0 Å². The van der Waals surface area contributed by atoms with Crippen LogP contribution in [0.15, 0.2) is 51.9 Å². The number of carbonyl (C=O) groups excluding carboxylic acids is 2. The smallest absolute Gasteiger partial charge is 0.414 e. The van der Waals surface area contributed by atoms with Gasteiger partial charge in [0.1, 0.15) is 11.4 Å². The molecule has 2 aromatic rings. The van der Waals surface area contributed by atoms with Gasteiger partial charge in [-0.05, 0) is 68.7 Å². The second-order valence-electron chi connectivity index (χ2n) is 8.51. The number of ether oxygens (including phenoxy) is 2. The second-order valence-corrected chi connectivity index (χ2v) is 9.42. The minimum atomic E-state index is -2.98. The molecule has 10 heteroatoms. The summed E-state index contributed by atoms with van der Waals surface area (Å²) in [4.78, 5) is 31.9. The molecule has 0 aliphatic carbocycles. The molecular formula is C23H24BrF2N3O4. The Kier molecular flexibility index (Phi) is 6.78. The SMILES string of the molecule is Cc1cc(C2(c3cccc(Br)c3)N=C(NC(=O)OC(C)(C)C)N(C)C2=O)ccc1OC(F)F. The molecule has 0 bridgehead atoms. The van der Waals surface area contributed by atoms with Gasteiger partial charge in [0, 0.05) is 11.5 Å². The van der Waals surface area contributed by atoms with Crippen molar-refractivity contribution < 1.29 is 27.8 Å². The number of alkyl halides is 2. The molecule has 2 aromatic carbocycles. The lowest BCUT2D eigenvalue weighted by Gasteiger charge is -2.27. The molecule has 1 aliphatic heterocycles. The molecular weight excluding hydrogens is 500 g/mol. The Bertz CT molecular complexity index is 1120. The minimum absolute atomic E-state index is 0.000199. The quantitative estimate of drug-likeness (QED) is 0.614. The van der Waals surface area contributed by atoms with E-state index >= 15 is 0 Å². The number of alkyl carbamates (subject to hydrolysis) is 1. The number of benzene rings is 2. The van der Waals surface area contributed by atoms with Crippen molar-refractivity contribution in [2.24, 2.45) is 4.99 Å². The van der Waals surface area contributed by atoms with Crippen molar-refractivity contribution in [2.75, 3.05) is 7.05 Å². The number of hydrogen-bond donors (Lipinski definition) is 1. The number of likely N-dealkylation sites (N-methyl/N-ethyl adjacent to an activating group) is 1. The fourth-order valence-corrected chi connectivity index (χ4v) is 3.89. The van der Waals surface area contributed by atoms with Crippen LogP contribution in [0.5, 0.6) is 5.75 Å². The molecule has 0 saturated heterocycles. The molecule has 0 spiro atoms. The number of amides is 2. The number of aryl methyl sites for hydroxylation is 1. The molecule has 33 heavy (non-hydrogen) atoms. The van der Waals surface area contributed by atoms with Crippen molar-refractivity contribution in [3.63, 3.8) is 0 Å². The summed E-state index contributed by atoms with van der Waals surface area (Å²) >= 11 is 3.42. The number of halogens is 3. The van der Waals surface area contributed by atoms with E-state index in [1.165, 1.54) is 24.1 Å². The van der Waals surface area contributed by atoms with E-state index in [0.29, 0.717) is 21.2 Å². The van der Waals surface area contributed by atoms with E-state index in [9.17, 15) is 18.4 Å². The third-order valence-corrected chi connectivity index (χ3v) is 5.36. The summed E-state index contributed by atoms with van der Waals surface area (Å²) in [5.74, 6) is -0.443. The molecule has 1 unspecified atom stereocenters. The predicted molar refractivity (Wildman–Crippen MR) is 122 cm³/mol. The first-order valence-electron chi connectivity index (χ1n) is 10.0. The summed E-state index contributed by atoms with van der Waals surface area (Å²) < 4.78 is 36.0. The van der Waals surface area contributed by atoms with E-state index in [-0.39, 0.29) is 11.7 Å². The number of carbonyl (C=O) groups is 2. The van der Waals surface area contributed by atoms with Gasteiger partial charge in [-0.25, -0.2) is 9.79 Å². The Morgan fingerprint density at radius 3 is 2.42 bits per heavy atom. The van der Waals surface area contributed by atoms with E-state index in [1.54, 1.807) is 58.0 Å². The number of hydrogen-bond acceptors (Lipinski definition) is 5. The summed E-state index contributed by atoms with van der Waals surface area (Å²) in [6.07, 6.45) is -0.761. The Morgan fingerprint density at radius 1 is 1.18 bits per heavy atom. The highest BCUT2D eigenvalue weighted by molar-refractivity contribution is 9.10. The van der Waals surface area contributed by atoms with Crippen LogP contribution in [0.4, 0.5) is 13.6 Å². The predicted octanol–water partition coefficient (Wildman–Crippen LogP) is 4.96. The number of nitrogens with zero attached hydrogens (tertiary/aromatic N) is 2. The summed E-state index contributed by atoms with van der Waals surface area (Å²) in [6.45, 7) is 3.78. The highest BCUT2D eigenvalue weighted by Crippen LogP contribution is 2.41. The Morgan fingerprint density at radius 2 is 1.85 bits per heavy atom. The zero-order valence-corrected chi connectivity index (χ0v) is 20.4. The molecule has 0 radical (unpaired) electrons. The van der Waals surface area contributed by atoms with E-state index in [4.69, 9.17) is 4.74 Å². The fourth-order valence-electron chi connectivity index (χ4n) is 3.49. The van der Waals surface area contributed by atoms with Gasteiger partial charge < -0.3 is 9.47 Å². The van der Waals surface area contributed by atoms with Crippen molar-refractivity contribution in [1.82, 2.24) is 10.2 Å².